The topological polar surface area (TPSA) is 58.9 Å². The quantitative estimate of drug-likeness (QED) is 0.134. The van der Waals surface area contributed by atoms with Crippen LogP contribution in [0.2, 0.25) is 36.3 Å². The molecule has 69 heavy (non-hydrogen) atoms. The zero-order valence-corrected chi connectivity index (χ0v) is 50.5. The molecule has 8 aliphatic rings. The average Bonchev–Trinajstić information content (AvgIpc) is 3.99. The molecule has 0 radical (unpaired) electrons. The molecule has 0 aromatic rings. The van der Waals surface area contributed by atoms with Gasteiger partial charge in [0.2, 0.25) is 0 Å². The Morgan fingerprint density at radius 2 is 1.22 bits per heavy atom. The fourth-order valence-electron chi connectivity index (χ4n) is 16.7. The van der Waals surface area contributed by atoms with Gasteiger partial charge in [-0.1, -0.05) is 146 Å². The van der Waals surface area contributed by atoms with Crippen LogP contribution in [0, 0.1) is 92.7 Å². The lowest BCUT2D eigenvalue weighted by Crippen LogP contribution is -2.47. The maximum absolute atomic E-state index is 11.5. The minimum absolute atomic E-state index is 0.0216. The summed E-state index contributed by atoms with van der Waals surface area (Å²) in [5.41, 5.74) is 6.08. The van der Waals surface area contributed by atoms with E-state index in [2.05, 4.69) is 154 Å². The monoisotopic (exact) mass is 987 g/mol. The predicted molar refractivity (Wildman–Crippen MR) is 299 cm³/mol. The van der Waals surface area contributed by atoms with Gasteiger partial charge in [-0.3, -0.25) is 0 Å². The molecular formula is C63H110O4Si2. The standard InChI is InChI=1S/C35H60OSi.C28H50O3Si/c1-23(2)24(3)15-16-25(4)30-17-18-31-28(14-13-19-34(30,31)10)20-26(5)35-22-29(35)21-32(27(35)6)36-37(11,12)33(7,8)9;1-18(17-29)22-11-12-23-20(10-9-13-27(22,23)6)14-19(2)28-16-21(28)15-24(25(28)30)31-32(7,8)26(3,4)5/h15-16,20,23-26,29-32H,6,13-14,17-19,21-22H2,1-5,7-12H3;14,18-19,21-25,29-30H,9-13,15-17H2,1-8H3/b16-15+,28-20+;20-14+/t24-,25+,26+,29?,30+,31-,32-,34+,35-;18-,19-,21?,22-,23+,24+,25?,27-,28-/m01/s1. The summed E-state index contributed by atoms with van der Waals surface area (Å²) in [5.74, 6) is 7.83. The van der Waals surface area contributed by atoms with E-state index in [-0.39, 0.29) is 33.8 Å². The Morgan fingerprint density at radius 3 is 1.75 bits per heavy atom. The molecule has 3 unspecified atom stereocenters. The molecule has 2 N–H and O–H groups in total. The molecule has 0 spiro atoms. The largest absolute Gasteiger partial charge is 0.411 e. The van der Waals surface area contributed by atoms with Crippen molar-refractivity contribution in [2.45, 2.75) is 248 Å². The van der Waals surface area contributed by atoms with Gasteiger partial charge in [0.15, 0.2) is 16.6 Å². The van der Waals surface area contributed by atoms with Gasteiger partial charge < -0.3 is 19.1 Å². The first-order valence-corrected chi connectivity index (χ1v) is 35.1. The summed E-state index contributed by atoms with van der Waals surface area (Å²) in [6.07, 6.45) is 28.4. The first kappa shape index (κ1) is 56.0. The highest BCUT2D eigenvalue weighted by molar-refractivity contribution is 6.74. The van der Waals surface area contributed by atoms with Gasteiger partial charge >= 0.3 is 0 Å². The molecule has 0 bridgehead atoms. The minimum Gasteiger partial charge on any atom is -0.411 e. The normalized spacial score (nSPS) is 42.2. The van der Waals surface area contributed by atoms with Crippen molar-refractivity contribution < 1.29 is 19.1 Å². The highest BCUT2D eigenvalue weighted by Gasteiger charge is 2.69. The molecule has 0 heterocycles. The molecule has 4 nitrogen and oxygen atoms in total. The van der Waals surface area contributed by atoms with Gasteiger partial charge in [0.25, 0.3) is 0 Å². The average molecular weight is 988 g/mol. The zero-order valence-electron chi connectivity index (χ0n) is 48.5. The molecule has 0 aliphatic heterocycles. The van der Waals surface area contributed by atoms with E-state index in [1.54, 1.807) is 11.1 Å². The number of hydrogen-bond donors (Lipinski definition) is 2. The van der Waals surface area contributed by atoms with Gasteiger partial charge in [0.1, 0.15) is 0 Å². The Hall–Kier alpha value is -0.766. The summed E-state index contributed by atoms with van der Waals surface area (Å²) in [4.78, 5) is 0. The molecule has 8 saturated carbocycles. The third kappa shape index (κ3) is 10.1. The molecule has 18 atom stereocenters. The van der Waals surface area contributed by atoms with Gasteiger partial charge in [-0.25, -0.2) is 0 Å². The summed E-state index contributed by atoms with van der Waals surface area (Å²) in [6, 6.07) is 0. The highest BCUT2D eigenvalue weighted by Crippen LogP contribution is 2.72. The second-order valence-electron chi connectivity index (χ2n) is 29.9. The van der Waals surface area contributed by atoms with Gasteiger partial charge in [-0.15, -0.1) is 0 Å². The van der Waals surface area contributed by atoms with Crippen LogP contribution >= 0.6 is 0 Å². The summed E-state index contributed by atoms with van der Waals surface area (Å²) in [6.45, 7) is 50.3. The van der Waals surface area contributed by atoms with Crippen LogP contribution in [0.25, 0.3) is 0 Å². The molecular weight excluding hydrogens is 877 g/mol. The van der Waals surface area contributed by atoms with E-state index >= 15 is 0 Å². The molecule has 0 saturated heterocycles. The highest BCUT2D eigenvalue weighted by atomic mass is 28.4. The third-order valence-electron chi connectivity index (χ3n) is 23.8. The van der Waals surface area contributed by atoms with E-state index in [9.17, 15) is 10.2 Å². The van der Waals surface area contributed by atoms with E-state index in [0.29, 0.717) is 70.2 Å². The maximum Gasteiger partial charge on any atom is 0.192 e. The minimum atomic E-state index is -1.88. The third-order valence-corrected chi connectivity index (χ3v) is 32.8. The molecule has 0 aromatic carbocycles. The Bertz CT molecular complexity index is 1930. The molecule has 0 amide bonds. The van der Waals surface area contributed by atoms with Crippen LogP contribution in [0.4, 0.5) is 0 Å². The van der Waals surface area contributed by atoms with Crippen LogP contribution in [0.15, 0.2) is 47.6 Å². The second-order valence-corrected chi connectivity index (χ2v) is 39.5. The number of aliphatic hydroxyl groups is 2. The molecule has 8 rings (SSSR count). The Kier molecular flexibility index (Phi) is 16.0. The van der Waals surface area contributed by atoms with Crippen molar-refractivity contribution in [3.8, 4) is 0 Å². The van der Waals surface area contributed by atoms with Crippen LogP contribution in [0.1, 0.15) is 194 Å². The Balaban J connectivity index is 0.000000206. The SMILES string of the molecule is C=C1[C@@H](O[Si](C)(C)C(C)(C)C)CC2C[C@]12[C@H](C)/C=C1\CCC[C@]2(C)[C@@H]([C@H](C)/C=C/[C@H](C)C(C)C)CC[C@@H]12.C[C@H](CO)[C@H]1CC[C@H]2/C(=C/[C@@H](C)[C@]34CC3C[C@H](O[Si](C)(C)C(C)(C)C)C4O)CCC[C@]12C. The molecule has 394 valence electrons. The van der Waals surface area contributed by atoms with Gasteiger partial charge in [-0.2, -0.15) is 0 Å². The fraction of sp³-hybridized carbons (Fsp3) is 0.873. The van der Waals surface area contributed by atoms with Crippen LogP contribution in [0.5, 0.6) is 0 Å². The fourth-order valence-corrected chi connectivity index (χ4v) is 19.3. The molecule has 0 aromatic heterocycles. The first-order chi connectivity index (χ1) is 31.8. The number of hydrogen-bond acceptors (Lipinski definition) is 4. The van der Waals surface area contributed by atoms with E-state index < -0.39 is 16.6 Å². The summed E-state index contributed by atoms with van der Waals surface area (Å²) < 4.78 is 13.7. The zero-order chi connectivity index (χ0) is 51.2. The van der Waals surface area contributed by atoms with Crippen molar-refractivity contribution >= 4 is 16.6 Å². The lowest BCUT2D eigenvalue weighted by molar-refractivity contribution is -0.00616. The summed E-state index contributed by atoms with van der Waals surface area (Å²) in [7, 11) is -3.66. The van der Waals surface area contributed by atoms with Crippen LogP contribution < -0.4 is 0 Å². The van der Waals surface area contributed by atoms with Crippen molar-refractivity contribution in [2.75, 3.05) is 6.61 Å². The van der Waals surface area contributed by atoms with Crippen molar-refractivity contribution in [1.29, 1.82) is 0 Å². The van der Waals surface area contributed by atoms with Crippen molar-refractivity contribution in [1.82, 2.24) is 0 Å². The molecule has 8 aliphatic carbocycles. The molecule has 6 heteroatoms. The van der Waals surface area contributed by atoms with E-state index in [4.69, 9.17) is 15.4 Å². The number of aliphatic hydroxyl groups excluding tert-OH is 2. The lowest BCUT2D eigenvalue weighted by Gasteiger charge is -2.44. The first-order valence-electron chi connectivity index (χ1n) is 29.3. The van der Waals surface area contributed by atoms with Crippen molar-refractivity contribution in [3.63, 3.8) is 0 Å². The Morgan fingerprint density at radius 1 is 0.696 bits per heavy atom. The predicted octanol–water partition coefficient (Wildman–Crippen LogP) is 17.2. The molecule has 8 fully saturated rings. The maximum atomic E-state index is 11.5. The van der Waals surface area contributed by atoms with Crippen LogP contribution in [0.3, 0.4) is 0 Å². The number of allylic oxidation sites excluding steroid dienone is 6. The van der Waals surface area contributed by atoms with Gasteiger partial charge in [0.05, 0.1) is 18.3 Å². The Labute approximate surface area is 428 Å². The lowest BCUT2D eigenvalue weighted by atomic mass is 9.60. The van der Waals surface area contributed by atoms with Crippen LogP contribution in [-0.2, 0) is 8.85 Å². The van der Waals surface area contributed by atoms with E-state index in [1.165, 1.54) is 89.0 Å². The van der Waals surface area contributed by atoms with Gasteiger partial charge in [0, 0.05) is 17.4 Å². The van der Waals surface area contributed by atoms with Crippen LogP contribution in [-0.4, -0.2) is 51.8 Å². The summed E-state index contributed by atoms with van der Waals surface area (Å²) in [5, 5.41) is 21.8. The van der Waals surface area contributed by atoms with E-state index in [0.717, 1.165) is 30.1 Å². The summed E-state index contributed by atoms with van der Waals surface area (Å²) >= 11 is 0. The number of rotatable bonds is 14. The van der Waals surface area contributed by atoms with Crippen molar-refractivity contribution in [3.05, 3.63) is 47.6 Å². The van der Waals surface area contributed by atoms with Gasteiger partial charge in [-0.05, 0) is 214 Å². The van der Waals surface area contributed by atoms with Crippen molar-refractivity contribution in [2.24, 2.45) is 92.7 Å². The smallest absolute Gasteiger partial charge is 0.192 e. The second kappa shape index (κ2) is 19.7. The number of fused-ring (bicyclic) bond motifs is 4. The van der Waals surface area contributed by atoms with E-state index in [1.807, 2.05) is 0 Å².